The summed E-state index contributed by atoms with van der Waals surface area (Å²) in [5, 5.41) is 3.73. The Bertz CT molecular complexity index is 197. The highest BCUT2D eigenvalue weighted by Gasteiger charge is 2.31. The monoisotopic (exact) mass is 240 g/mol. The molecule has 0 bridgehead atoms. The van der Waals surface area contributed by atoms with Crippen LogP contribution in [0.3, 0.4) is 0 Å². The van der Waals surface area contributed by atoms with Crippen molar-refractivity contribution in [3.8, 4) is 0 Å². The molecule has 0 aromatic carbocycles. The molecule has 0 atom stereocenters. The molecule has 0 saturated carbocycles. The fourth-order valence-electron chi connectivity index (χ4n) is 2.84. The summed E-state index contributed by atoms with van der Waals surface area (Å²) in [6, 6.07) is 0. The van der Waals surface area contributed by atoms with Crippen molar-refractivity contribution in [2.24, 2.45) is 5.92 Å². The molecule has 1 aliphatic heterocycles. The second-order valence-corrected chi connectivity index (χ2v) is 6.08. The van der Waals surface area contributed by atoms with Gasteiger partial charge in [0, 0.05) is 25.2 Å². The quantitative estimate of drug-likeness (QED) is 0.687. The van der Waals surface area contributed by atoms with Gasteiger partial charge in [-0.15, -0.1) is 0 Å². The number of unbranched alkanes of at least 4 members (excludes halogenated alkanes) is 1. The van der Waals surface area contributed by atoms with E-state index in [1.807, 2.05) is 0 Å². The van der Waals surface area contributed by atoms with Crippen LogP contribution in [0.15, 0.2) is 0 Å². The van der Waals surface area contributed by atoms with E-state index in [2.05, 4.69) is 37.9 Å². The minimum absolute atomic E-state index is 0.399. The van der Waals surface area contributed by atoms with Crippen LogP contribution in [0.4, 0.5) is 0 Å². The van der Waals surface area contributed by atoms with Crippen molar-refractivity contribution < 1.29 is 0 Å². The Balaban J connectivity index is 2.25. The molecule has 1 rings (SSSR count). The summed E-state index contributed by atoms with van der Waals surface area (Å²) in [6.45, 7) is 14.2. The summed E-state index contributed by atoms with van der Waals surface area (Å²) < 4.78 is 0. The minimum Gasteiger partial charge on any atom is -0.309 e. The van der Waals surface area contributed by atoms with Gasteiger partial charge in [-0.3, -0.25) is 0 Å². The summed E-state index contributed by atoms with van der Waals surface area (Å²) >= 11 is 0. The molecule has 1 heterocycles. The predicted molar refractivity (Wildman–Crippen MR) is 76.4 cm³/mol. The Hall–Kier alpha value is -0.0800. The van der Waals surface area contributed by atoms with Gasteiger partial charge in [-0.2, -0.15) is 0 Å². The van der Waals surface area contributed by atoms with Gasteiger partial charge >= 0.3 is 0 Å². The average molecular weight is 240 g/mol. The Morgan fingerprint density at radius 1 is 1.18 bits per heavy atom. The van der Waals surface area contributed by atoms with Gasteiger partial charge in [0.25, 0.3) is 0 Å². The predicted octanol–water partition coefficient (Wildman–Crippen LogP) is 3.28. The van der Waals surface area contributed by atoms with Crippen molar-refractivity contribution in [3.05, 3.63) is 0 Å². The molecule has 1 aliphatic rings. The maximum atomic E-state index is 3.73. The van der Waals surface area contributed by atoms with E-state index in [-0.39, 0.29) is 0 Å². The topological polar surface area (TPSA) is 15.3 Å². The van der Waals surface area contributed by atoms with E-state index in [0.717, 1.165) is 5.92 Å². The van der Waals surface area contributed by atoms with Crippen molar-refractivity contribution >= 4 is 0 Å². The molecule has 0 aromatic rings. The van der Waals surface area contributed by atoms with Crippen LogP contribution in [0.2, 0.25) is 0 Å². The van der Waals surface area contributed by atoms with Crippen molar-refractivity contribution in [2.45, 2.75) is 65.3 Å². The van der Waals surface area contributed by atoms with Crippen LogP contribution in [0, 0.1) is 5.92 Å². The van der Waals surface area contributed by atoms with Gasteiger partial charge in [0.2, 0.25) is 0 Å². The lowest BCUT2D eigenvalue weighted by atomic mass is 9.90. The highest BCUT2D eigenvalue weighted by molar-refractivity contribution is 4.92. The van der Waals surface area contributed by atoms with Crippen LogP contribution in [-0.4, -0.2) is 36.6 Å². The lowest BCUT2D eigenvalue weighted by Gasteiger charge is -2.43. The molecule has 1 saturated heterocycles. The van der Waals surface area contributed by atoms with Crippen LogP contribution < -0.4 is 5.32 Å². The van der Waals surface area contributed by atoms with Crippen LogP contribution in [0.1, 0.15) is 59.8 Å². The van der Waals surface area contributed by atoms with Gasteiger partial charge in [-0.25, -0.2) is 0 Å². The zero-order valence-corrected chi connectivity index (χ0v) is 12.4. The Labute approximate surface area is 108 Å². The molecule has 0 unspecified atom stereocenters. The molecular weight excluding hydrogens is 208 g/mol. The number of hydrogen-bond donors (Lipinski definition) is 1. The van der Waals surface area contributed by atoms with E-state index < -0.39 is 0 Å². The summed E-state index contributed by atoms with van der Waals surface area (Å²) in [5.74, 6) is 0.864. The molecular formula is C15H32N2. The highest BCUT2D eigenvalue weighted by Crippen LogP contribution is 2.20. The average Bonchev–Trinajstić information content (AvgIpc) is 2.34. The number of nitrogens with zero attached hydrogens (tertiary/aromatic N) is 1. The first-order valence-electron chi connectivity index (χ1n) is 7.59. The lowest BCUT2D eigenvalue weighted by molar-refractivity contribution is 0.122. The molecule has 0 spiro atoms. The maximum Gasteiger partial charge on any atom is 0.0304 e. The van der Waals surface area contributed by atoms with Gasteiger partial charge < -0.3 is 10.2 Å². The molecule has 0 amide bonds. The largest absolute Gasteiger partial charge is 0.309 e. The molecule has 1 N–H and O–H groups in total. The summed E-state index contributed by atoms with van der Waals surface area (Å²) in [7, 11) is 0. The standard InChI is InChI=1S/C15H32N2/c1-5-15(6-2)13-17(12-10-16-15)11-8-7-9-14(3)4/h14,16H,5-13H2,1-4H3. The SMILES string of the molecule is CCC1(CC)CN(CCCCC(C)C)CCN1. The fourth-order valence-corrected chi connectivity index (χ4v) is 2.84. The summed E-state index contributed by atoms with van der Waals surface area (Å²) in [5.41, 5.74) is 0.399. The highest BCUT2D eigenvalue weighted by atomic mass is 15.2. The molecule has 0 aliphatic carbocycles. The van der Waals surface area contributed by atoms with E-state index in [4.69, 9.17) is 0 Å². The fraction of sp³-hybridized carbons (Fsp3) is 1.00. The van der Waals surface area contributed by atoms with Gasteiger partial charge in [0.15, 0.2) is 0 Å². The van der Waals surface area contributed by atoms with Gasteiger partial charge in [-0.1, -0.05) is 40.5 Å². The zero-order chi connectivity index (χ0) is 12.7. The summed E-state index contributed by atoms with van der Waals surface area (Å²) in [4.78, 5) is 2.67. The Kier molecular flexibility index (Phi) is 6.50. The van der Waals surface area contributed by atoms with Crippen molar-refractivity contribution in [1.82, 2.24) is 10.2 Å². The Morgan fingerprint density at radius 3 is 2.47 bits per heavy atom. The number of nitrogens with one attached hydrogen (secondary N) is 1. The first kappa shape index (κ1) is 15.0. The molecule has 17 heavy (non-hydrogen) atoms. The second kappa shape index (κ2) is 7.38. The van der Waals surface area contributed by atoms with E-state index in [0.29, 0.717) is 5.54 Å². The zero-order valence-electron chi connectivity index (χ0n) is 12.4. The second-order valence-electron chi connectivity index (χ2n) is 6.08. The van der Waals surface area contributed by atoms with Gasteiger partial charge in [0.1, 0.15) is 0 Å². The third-order valence-corrected chi connectivity index (χ3v) is 4.31. The first-order chi connectivity index (χ1) is 8.12. The first-order valence-corrected chi connectivity index (χ1v) is 7.59. The maximum absolute atomic E-state index is 3.73. The number of hydrogen-bond acceptors (Lipinski definition) is 2. The van der Waals surface area contributed by atoms with E-state index in [9.17, 15) is 0 Å². The molecule has 0 aromatic heterocycles. The van der Waals surface area contributed by atoms with Crippen molar-refractivity contribution in [3.63, 3.8) is 0 Å². The van der Waals surface area contributed by atoms with Gasteiger partial charge in [-0.05, 0) is 31.7 Å². The number of piperazine rings is 1. The molecule has 2 nitrogen and oxygen atoms in total. The third kappa shape index (κ3) is 4.97. The van der Waals surface area contributed by atoms with Crippen molar-refractivity contribution in [2.75, 3.05) is 26.2 Å². The summed E-state index contributed by atoms with van der Waals surface area (Å²) in [6.07, 6.45) is 6.67. The Morgan fingerprint density at radius 2 is 1.88 bits per heavy atom. The van der Waals surface area contributed by atoms with Crippen LogP contribution >= 0.6 is 0 Å². The molecule has 102 valence electrons. The van der Waals surface area contributed by atoms with Crippen LogP contribution in [0.5, 0.6) is 0 Å². The lowest BCUT2D eigenvalue weighted by Crippen LogP contribution is -2.59. The van der Waals surface area contributed by atoms with E-state index >= 15 is 0 Å². The molecule has 0 radical (unpaired) electrons. The normalized spacial score (nSPS) is 21.0. The van der Waals surface area contributed by atoms with E-state index in [1.54, 1.807) is 0 Å². The smallest absolute Gasteiger partial charge is 0.0304 e. The molecule has 2 heteroatoms. The van der Waals surface area contributed by atoms with Crippen LogP contribution in [-0.2, 0) is 0 Å². The van der Waals surface area contributed by atoms with Crippen molar-refractivity contribution in [1.29, 1.82) is 0 Å². The molecule has 1 fully saturated rings. The van der Waals surface area contributed by atoms with Gasteiger partial charge in [0.05, 0.1) is 0 Å². The third-order valence-electron chi connectivity index (χ3n) is 4.31. The van der Waals surface area contributed by atoms with E-state index in [1.165, 1.54) is 58.3 Å². The minimum atomic E-state index is 0.399. The van der Waals surface area contributed by atoms with Crippen LogP contribution in [0.25, 0.3) is 0 Å². The number of rotatable bonds is 7.